The van der Waals surface area contributed by atoms with Gasteiger partial charge in [0, 0.05) is 16.6 Å². The molecule has 1 amide bonds. The number of carbonyl (C=O) groups excluding carboxylic acids is 1. The minimum Gasteiger partial charge on any atom is -0.376 e. The predicted molar refractivity (Wildman–Crippen MR) is 87.6 cm³/mol. The van der Waals surface area contributed by atoms with Crippen LogP contribution < -0.4 is 5.32 Å². The molecule has 110 valence electrons. The Morgan fingerprint density at radius 1 is 1.29 bits per heavy atom. The van der Waals surface area contributed by atoms with Gasteiger partial charge in [-0.25, -0.2) is 0 Å². The minimum atomic E-state index is -0.286. The highest BCUT2D eigenvalue weighted by Gasteiger charge is 2.38. The van der Waals surface area contributed by atoms with Crippen molar-refractivity contribution in [2.24, 2.45) is 0 Å². The quantitative estimate of drug-likeness (QED) is 0.894. The molecule has 1 heterocycles. The summed E-state index contributed by atoms with van der Waals surface area (Å²) in [4.78, 5) is 12.5. The third-order valence-electron chi connectivity index (χ3n) is 4.35. The third kappa shape index (κ3) is 2.83. The van der Waals surface area contributed by atoms with E-state index in [4.69, 9.17) is 4.74 Å². The lowest BCUT2D eigenvalue weighted by atomic mass is 9.94. The lowest BCUT2D eigenvalue weighted by Crippen LogP contribution is -2.50. The number of halogens is 1. The second-order valence-electron chi connectivity index (χ2n) is 5.84. The molecule has 4 heteroatoms. The molecule has 2 aromatic rings. The number of fused-ring (bicyclic) bond motifs is 1. The van der Waals surface area contributed by atoms with Gasteiger partial charge in [0.25, 0.3) is 5.91 Å². The predicted octanol–water partition coefficient (Wildman–Crippen LogP) is 3.90. The van der Waals surface area contributed by atoms with Gasteiger partial charge in [-0.2, -0.15) is 0 Å². The molecular formula is C17H18BrNO2. The second-order valence-corrected chi connectivity index (χ2v) is 6.76. The van der Waals surface area contributed by atoms with Crippen LogP contribution in [0.25, 0.3) is 10.8 Å². The Hall–Kier alpha value is -1.39. The van der Waals surface area contributed by atoms with Gasteiger partial charge in [-0.05, 0) is 55.3 Å². The molecule has 3 nitrogen and oxygen atoms in total. The van der Waals surface area contributed by atoms with Crippen LogP contribution in [0.3, 0.4) is 0 Å². The van der Waals surface area contributed by atoms with Crippen LogP contribution in [0, 0.1) is 0 Å². The van der Waals surface area contributed by atoms with E-state index in [1.165, 1.54) is 0 Å². The van der Waals surface area contributed by atoms with Crippen LogP contribution in [0.2, 0.25) is 0 Å². The molecule has 1 N–H and O–H groups in total. The number of hydrogen-bond acceptors (Lipinski definition) is 2. The minimum absolute atomic E-state index is 0.0397. The van der Waals surface area contributed by atoms with Gasteiger partial charge < -0.3 is 10.1 Å². The van der Waals surface area contributed by atoms with Crippen LogP contribution in [-0.4, -0.2) is 24.2 Å². The molecule has 0 aliphatic carbocycles. The molecule has 3 rings (SSSR count). The van der Waals surface area contributed by atoms with Crippen LogP contribution in [0.1, 0.15) is 30.6 Å². The lowest BCUT2D eigenvalue weighted by Gasteiger charge is -2.28. The van der Waals surface area contributed by atoms with Crippen molar-refractivity contribution in [2.45, 2.75) is 31.9 Å². The highest BCUT2D eigenvalue weighted by atomic mass is 79.9. The fraction of sp³-hybridized carbons (Fsp3) is 0.353. The van der Waals surface area contributed by atoms with E-state index in [0.29, 0.717) is 12.2 Å². The average molecular weight is 348 g/mol. The summed E-state index contributed by atoms with van der Waals surface area (Å²) in [6.07, 6.45) is 0.887. The van der Waals surface area contributed by atoms with E-state index in [2.05, 4.69) is 21.2 Å². The Balaban J connectivity index is 1.86. The van der Waals surface area contributed by atoms with Gasteiger partial charge in [-0.1, -0.05) is 28.1 Å². The maximum Gasteiger partial charge on any atom is 0.251 e. The number of hydrogen-bond donors (Lipinski definition) is 1. The van der Waals surface area contributed by atoms with Gasteiger partial charge in [-0.3, -0.25) is 4.79 Å². The van der Waals surface area contributed by atoms with Gasteiger partial charge in [0.15, 0.2) is 0 Å². The third-order valence-corrected chi connectivity index (χ3v) is 4.84. The molecule has 2 atom stereocenters. The first-order chi connectivity index (χ1) is 9.98. The fourth-order valence-electron chi connectivity index (χ4n) is 2.69. The summed E-state index contributed by atoms with van der Waals surface area (Å²) in [6.45, 7) is 4.75. The summed E-state index contributed by atoms with van der Waals surface area (Å²) in [6, 6.07) is 11.8. The molecule has 0 aromatic heterocycles. The second kappa shape index (κ2) is 5.43. The number of amides is 1. The molecule has 0 saturated carbocycles. The van der Waals surface area contributed by atoms with Crippen LogP contribution >= 0.6 is 15.9 Å². The van der Waals surface area contributed by atoms with E-state index in [9.17, 15) is 4.79 Å². The molecule has 1 saturated heterocycles. The normalized spacial score (nSPS) is 25.2. The summed E-state index contributed by atoms with van der Waals surface area (Å²) < 4.78 is 6.61. The van der Waals surface area contributed by atoms with Gasteiger partial charge in [0.1, 0.15) is 0 Å². The van der Waals surface area contributed by atoms with Crippen LogP contribution in [0.5, 0.6) is 0 Å². The largest absolute Gasteiger partial charge is 0.376 e. The first-order valence-electron chi connectivity index (χ1n) is 7.11. The molecule has 0 radical (unpaired) electrons. The average Bonchev–Trinajstić information content (AvgIpc) is 2.77. The zero-order valence-electron chi connectivity index (χ0n) is 12.2. The number of benzene rings is 2. The number of rotatable bonds is 2. The van der Waals surface area contributed by atoms with Crippen molar-refractivity contribution >= 4 is 32.6 Å². The zero-order valence-corrected chi connectivity index (χ0v) is 13.7. The summed E-state index contributed by atoms with van der Waals surface area (Å²) in [5.74, 6) is -0.0420. The molecule has 1 aliphatic heterocycles. The number of carbonyl (C=O) groups is 1. The van der Waals surface area contributed by atoms with Crippen molar-refractivity contribution in [1.82, 2.24) is 5.32 Å². The van der Waals surface area contributed by atoms with Crippen molar-refractivity contribution < 1.29 is 9.53 Å². The van der Waals surface area contributed by atoms with Crippen molar-refractivity contribution in [3.8, 4) is 0 Å². The molecule has 1 fully saturated rings. The maximum atomic E-state index is 12.5. The van der Waals surface area contributed by atoms with Crippen molar-refractivity contribution in [3.63, 3.8) is 0 Å². The first-order valence-corrected chi connectivity index (χ1v) is 7.91. The van der Waals surface area contributed by atoms with Crippen LogP contribution in [0.4, 0.5) is 0 Å². The van der Waals surface area contributed by atoms with Gasteiger partial charge >= 0.3 is 0 Å². The Labute approximate surface area is 132 Å². The summed E-state index contributed by atoms with van der Waals surface area (Å²) in [5.41, 5.74) is 0.399. The standard InChI is InChI=1S/C17H18BrNO2/c1-11-17(2,7-8-21-11)19-16(20)14-4-3-13-10-15(18)6-5-12(13)9-14/h3-6,9-11H,7-8H2,1-2H3,(H,19,20). The van der Waals surface area contributed by atoms with Gasteiger partial charge in [-0.15, -0.1) is 0 Å². The van der Waals surface area contributed by atoms with Crippen molar-refractivity contribution in [2.75, 3.05) is 6.61 Å². The van der Waals surface area contributed by atoms with Crippen LogP contribution in [0.15, 0.2) is 40.9 Å². The molecular weight excluding hydrogens is 330 g/mol. The van der Waals surface area contributed by atoms with E-state index in [1.807, 2.05) is 50.2 Å². The SMILES string of the molecule is CC1OCCC1(C)NC(=O)c1ccc2cc(Br)ccc2c1. The highest BCUT2D eigenvalue weighted by Crippen LogP contribution is 2.26. The van der Waals surface area contributed by atoms with E-state index in [-0.39, 0.29) is 17.6 Å². The smallest absolute Gasteiger partial charge is 0.251 e. The summed E-state index contributed by atoms with van der Waals surface area (Å²) >= 11 is 3.46. The first kappa shape index (κ1) is 14.5. The van der Waals surface area contributed by atoms with Crippen molar-refractivity contribution in [3.05, 3.63) is 46.4 Å². The fourth-order valence-corrected chi connectivity index (χ4v) is 3.07. The number of nitrogens with one attached hydrogen (secondary N) is 1. The highest BCUT2D eigenvalue weighted by molar-refractivity contribution is 9.10. The molecule has 1 aliphatic rings. The van der Waals surface area contributed by atoms with Gasteiger partial charge in [0.2, 0.25) is 0 Å². The molecule has 2 aromatic carbocycles. The molecule has 21 heavy (non-hydrogen) atoms. The van der Waals surface area contributed by atoms with Crippen molar-refractivity contribution in [1.29, 1.82) is 0 Å². The Morgan fingerprint density at radius 3 is 2.71 bits per heavy atom. The van der Waals surface area contributed by atoms with Gasteiger partial charge in [0.05, 0.1) is 11.6 Å². The van der Waals surface area contributed by atoms with E-state index >= 15 is 0 Å². The topological polar surface area (TPSA) is 38.3 Å². The Kier molecular flexibility index (Phi) is 3.76. The van der Waals surface area contributed by atoms with E-state index in [0.717, 1.165) is 21.7 Å². The summed E-state index contributed by atoms with van der Waals surface area (Å²) in [7, 11) is 0. The summed E-state index contributed by atoms with van der Waals surface area (Å²) in [5, 5.41) is 5.30. The monoisotopic (exact) mass is 347 g/mol. The Bertz CT molecular complexity index is 700. The van der Waals surface area contributed by atoms with E-state index in [1.54, 1.807) is 0 Å². The molecule has 0 spiro atoms. The molecule has 0 bridgehead atoms. The van der Waals surface area contributed by atoms with Crippen LogP contribution in [-0.2, 0) is 4.74 Å². The number of ether oxygens (including phenoxy) is 1. The lowest BCUT2D eigenvalue weighted by molar-refractivity contribution is 0.0727. The molecule has 2 unspecified atom stereocenters. The zero-order chi connectivity index (χ0) is 15.0. The van der Waals surface area contributed by atoms with E-state index < -0.39 is 0 Å². The Morgan fingerprint density at radius 2 is 2.00 bits per heavy atom. The maximum absolute atomic E-state index is 12.5.